The first-order valence-corrected chi connectivity index (χ1v) is 10.2. The van der Waals surface area contributed by atoms with Crippen molar-refractivity contribution in [2.24, 2.45) is 0 Å². The maximum atomic E-state index is 13.1. The topological polar surface area (TPSA) is 94.4 Å². The Kier molecular flexibility index (Phi) is 4.71. The molecule has 1 unspecified atom stereocenters. The van der Waals surface area contributed by atoms with Crippen LogP contribution in [0.4, 0.5) is 0 Å². The van der Waals surface area contributed by atoms with Crippen molar-refractivity contribution in [3.63, 3.8) is 0 Å². The minimum atomic E-state index is -0.499. The zero-order valence-corrected chi connectivity index (χ0v) is 16.8. The molecule has 3 heterocycles. The van der Waals surface area contributed by atoms with E-state index in [1.807, 2.05) is 47.3 Å². The lowest BCUT2D eigenvalue weighted by Gasteiger charge is -2.27. The summed E-state index contributed by atoms with van der Waals surface area (Å²) in [6.07, 6.45) is 7.87. The van der Waals surface area contributed by atoms with E-state index in [1.165, 1.54) is 0 Å². The van der Waals surface area contributed by atoms with Crippen LogP contribution in [0.3, 0.4) is 0 Å². The van der Waals surface area contributed by atoms with Crippen molar-refractivity contribution in [2.45, 2.75) is 19.0 Å². The van der Waals surface area contributed by atoms with Crippen LogP contribution in [0.1, 0.15) is 23.6 Å². The summed E-state index contributed by atoms with van der Waals surface area (Å²) >= 11 is 0. The first kappa shape index (κ1) is 19.0. The largest absolute Gasteiger partial charge is 0.508 e. The number of amides is 1. The summed E-state index contributed by atoms with van der Waals surface area (Å²) < 4.78 is 1.96. The Balaban J connectivity index is 1.55. The van der Waals surface area contributed by atoms with Gasteiger partial charge in [-0.25, -0.2) is 4.98 Å². The number of carbonyl (C=O) groups excluding carboxylic acids is 1. The van der Waals surface area contributed by atoms with Crippen LogP contribution in [0.2, 0.25) is 0 Å². The molecule has 0 radical (unpaired) electrons. The minimum Gasteiger partial charge on any atom is -0.508 e. The van der Waals surface area contributed by atoms with E-state index >= 15 is 0 Å². The van der Waals surface area contributed by atoms with Crippen molar-refractivity contribution < 1.29 is 15.0 Å². The zero-order chi connectivity index (χ0) is 21.4. The molecule has 1 aliphatic heterocycles. The summed E-state index contributed by atoms with van der Waals surface area (Å²) in [5, 5.41) is 22.0. The monoisotopic (exact) mass is 414 g/mol. The van der Waals surface area contributed by atoms with Gasteiger partial charge in [0, 0.05) is 53.7 Å². The van der Waals surface area contributed by atoms with Gasteiger partial charge in [0.05, 0.1) is 12.4 Å². The number of aliphatic hydroxyl groups excluding tert-OH is 1. The number of aromatic hydroxyl groups is 1. The van der Waals surface area contributed by atoms with Gasteiger partial charge in [0.25, 0.3) is 5.91 Å². The second-order valence-electron chi connectivity index (χ2n) is 7.66. The van der Waals surface area contributed by atoms with Gasteiger partial charge in [0.15, 0.2) is 5.76 Å². The molecule has 2 aromatic carbocycles. The van der Waals surface area contributed by atoms with Crippen molar-refractivity contribution in [2.75, 3.05) is 6.54 Å². The average Bonchev–Trinajstić information content (AvgIpc) is 3.49. The summed E-state index contributed by atoms with van der Waals surface area (Å²) in [5.41, 5.74) is 3.02. The third-order valence-electron chi connectivity index (χ3n) is 5.74. The normalized spacial score (nSPS) is 16.6. The molecule has 7 heteroatoms. The van der Waals surface area contributed by atoms with Gasteiger partial charge in [-0.3, -0.25) is 4.79 Å². The van der Waals surface area contributed by atoms with E-state index in [1.54, 1.807) is 35.6 Å². The van der Waals surface area contributed by atoms with E-state index in [2.05, 4.69) is 9.97 Å². The maximum Gasteiger partial charge on any atom is 0.289 e. The number of aliphatic hydroxyl groups is 1. The third-order valence-corrected chi connectivity index (χ3v) is 5.74. The number of nitrogens with zero attached hydrogens (tertiary/aromatic N) is 3. The first-order chi connectivity index (χ1) is 15.1. The molecule has 7 nitrogen and oxygen atoms in total. The van der Waals surface area contributed by atoms with Crippen LogP contribution in [-0.2, 0) is 11.3 Å². The molecule has 0 bridgehead atoms. The highest BCUT2D eigenvalue weighted by molar-refractivity contribution is 6.08. The van der Waals surface area contributed by atoms with Crippen molar-refractivity contribution in [1.82, 2.24) is 19.4 Å². The second-order valence-corrected chi connectivity index (χ2v) is 7.66. The van der Waals surface area contributed by atoms with E-state index < -0.39 is 11.9 Å². The van der Waals surface area contributed by atoms with Crippen LogP contribution in [0, 0.1) is 0 Å². The Morgan fingerprint density at radius 1 is 1.06 bits per heavy atom. The van der Waals surface area contributed by atoms with E-state index in [0.717, 1.165) is 22.0 Å². The number of rotatable bonds is 6. The predicted octanol–water partition coefficient (Wildman–Crippen LogP) is 4.01. The summed E-state index contributed by atoms with van der Waals surface area (Å²) in [6, 6.07) is 14.2. The van der Waals surface area contributed by atoms with Crippen LogP contribution in [-0.4, -0.2) is 42.1 Å². The van der Waals surface area contributed by atoms with E-state index in [4.69, 9.17) is 0 Å². The molecule has 1 atom stereocenters. The van der Waals surface area contributed by atoms with Crippen molar-refractivity contribution >= 4 is 22.4 Å². The first-order valence-electron chi connectivity index (χ1n) is 10.2. The highest BCUT2D eigenvalue weighted by Crippen LogP contribution is 2.45. The quantitative estimate of drug-likeness (QED) is 0.444. The Labute approximate surface area is 178 Å². The summed E-state index contributed by atoms with van der Waals surface area (Å²) in [6.45, 7) is 1.16. The zero-order valence-electron chi connectivity index (χ0n) is 16.8. The number of fused-ring (bicyclic) bond motifs is 1. The SMILES string of the molecule is O=C1C(O)=C(c2c[nH]c3ccccc23)C(c2cccc(O)c2)N1CCCn1ccnc1. The smallest absolute Gasteiger partial charge is 0.289 e. The van der Waals surface area contributed by atoms with E-state index in [9.17, 15) is 15.0 Å². The minimum absolute atomic E-state index is 0.119. The third kappa shape index (κ3) is 3.34. The standard InChI is InChI=1S/C24H22N4O3/c29-17-6-3-5-16(13-17)22-21(19-14-26-20-8-2-1-7-18(19)20)23(30)24(31)28(22)11-4-10-27-12-9-25-15-27/h1-3,5-9,12-15,22,26,29-30H,4,10-11H2. The molecular weight excluding hydrogens is 392 g/mol. The van der Waals surface area contributed by atoms with Crippen LogP contribution >= 0.6 is 0 Å². The van der Waals surface area contributed by atoms with E-state index in [-0.39, 0.29) is 11.5 Å². The highest BCUT2D eigenvalue weighted by Gasteiger charge is 2.41. The molecule has 0 saturated carbocycles. The fraction of sp³-hybridized carbons (Fsp3) is 0.167. The molecule has 0 fully saturated rings. The molecule has 0 spiro atoms. The average molecular weight is 414 g/mol. The Hall–Kier alpha value is -4.00. The molecule has 156 valence electrons. The van der Waals surface area contributed by atoms with Crippen LogP contribution in [0.5, 0.6) is 5.75 Å². The number of hydrogen-bond donors (Lipinski definition) is 3. The highest BCUT2D eigenvalue weighted by atomic mass is 16.3. The van der Waals surface area contributed by atoms with Gasteiger partial charge in [0.1, 0.15) is 5.75 Å². The number of phenolic OH excluding ortho intramolecular Hbond substituents is 1. The van der Waals surface area contributed by atoms with E-state index in [0.29, 0.717) is 25.1 Å². The van der Waals surface area contributed by atoms with Gasteiger partial charge in [-0.1, -0.05) is 30.3 Å². The number of carbonyl (C=O) groups is 1. The number of hydrogen-bond acceptors (Lipinski definition) is 4. The van der Waals surface area contributed by atoms with Crippen molar-refractivity contribution in [3.05, 3.63) is 90.3 Å². The maximum absolute atomic E-state index is 13.1. The fourth-order valence-electron chi connectivity index (χ4n) is 4.34. The van der Waals surface area contributed by atoms with Gasteiger partial charge in [-0.2, -0.15) is 0 Å². The molecule has 2 aromatic heterocycles. The van der Waals surface area contributed by atoms with Crippen molar-refractivity contribution in [1.29, 1.82) is 0 Å². The lowest BCUT2D eigenvalue weighted by Crippen LogP contribution is -2.31. The summed E-state index contributed by atoms with van der Waals surface area (Å²) in [4.78, 5) is 22.1. The fourth-order valence-corrected chi connectivity index (χ4v) is 4.34. The van der Waals surface area contributed by atoms with Gasteiger partial charge in [0.2, 0.25) is 0 Å². The van der Waals surface area contributed by atoms with Gasteiger partial charge in [-0.05, 0) is 30.2 Å². The Morgan fingerprint density at radius 2 is 1.94 bits per heavy atom. The van der Waals surface area contributed by atoms with Gasteiger partial charge >= 0.3 is 0 Å². The number of H-pyrrole nitrogens is 1. The molecule has 5 rings (SSSR count). The number of benzene rings is 2. The molecule has 1 aliphatic rings. The molecule has 0 saturated heterocycles. The number of aryl methyl sites for hydroxylation is 1. The molecule has 0 aliphatic carbocycles. The van der Waals surface area contributed by atoms with Crippen LogP contribution in [0.15, 0.2) is 79.2 Å². The van der Waals surface area contributed by atoms with Gasteiger partial charge < -0.3 is 24.7 Å². The van der Waals surface area contributed by atoms with Gasteiger partial charge in [-0.15, -0.1) is 0 Å². The Bertz CT molecular complexity index is 1270. The second kappa shape index (κ2) is 7.68. The molecule has 31 heavy (non-hydrogen) atoms. The predicted molar refractivity (Wildman–Crippen MR) is 117 cm³/mol. The number of nitrogens with one attached hydrogen (secondary N) is 1. The lowest BCUT2D eigenvalue weighted by molar-refractivity contribution is -0.129. The van der Waals surface area contributed by atoms with Crippen LogP contribution < -0.4 is 0 Å². The summed E-state index contributed by atoms with van der Waals surface area (Å²) in [7, 11) is 0. The Morgan fingerprint density at radius 3 is 2.74 bits per heavy atom. The number of phenols is 1. The lowest BCUT2D eigenvalue weighted by atomic mass is 9.93. The molecule has 1 amide bonds. The molecule has 3 N–H and O–H groups in total. The van der Waals surface area contributed by atoms with Crippen molar-refractivity contribution in [3.8, 4) is 5.75 Å². The molecular formula is C24H22N4O3. The van der Waals surface area contributed by atoms with Crippen LogP contribution in [0.25, 0.3) is 16.5 Å². The number of imidazole rings is 1. The number of aromatic nitrogens is 3. The number of aromatic amines is 1. The number of para-hydroxylation sites is 1. The molecule has 4 aromatic rings. The summed E-state index contributed by atoms with van der Waals surface area (Å²) in [5.74, 6) is -0.534.